The van der Waals surface area contributed by atoms with Crippen molar-refractivity contribution in [3.63, 3.8) is 0 Å². The third kappa shape index (κ3) is 4.42. The second-order valence-corrected chi connectivity index (χ2v) is 10.6. The summed E-state index contributed by atoms with van der Waals surface area (Å²) in [5.74, 6) is 6.17. The van der Waals surface area contributed by atoms with Gasteiger partial charge in [0.25, 0.3) is 0 Å². The summed E-state index contributed by atoms with van der Waals surface area (Å²) in [4.78, 5) is 21.1. The van der Waals surface area contributed by atoms with Crippen LogP contribution in [0.4, 0.5) is 11.6 Å². The number of hydrogen-bond donors (Lipinski definition) is 0. The number of nitrogens with zero attached hydrogens (tertiary/aromatic N) is 7. The van der Waals surface area contributed by atoms with E-state index in [0.717, 1.165) is 53.7 Å². The minimum absolute atomic E-state index is 0.271. The van der Waals surface area contributed by atoms with E-state index in [0.29, 0.717) is 35.5 Å². The number of hydrogen-bond acceptors (Lipinski definition) is 7. The maximum Gasteiger partial charge on any atom is 0.241 e. The molecule has 5 heterocycles. The Morgan fingerprint density at radius 3 is 1.91 bits per heavy atom. The Hall–Kier alpha value is -2.60. The monoisotopic (exact) mass is 529 g/mol. The Labute approximate surface area is 218 Å². The zero-order chi connectivity index (χ0) is 24.1. The first-order chi connectivity index (χ1) is 17.1. The molecule has 0 spiro atoms. The van der Waals surface area contributed by atoms with Gasteiger partial charge in [0.1, 0.15) is 17.5 Å². The van der Waals surface area contributed by atoms with Gasteiger partial charge >= 0.3 is 0 Å². The van der Waals surface area contributed by atoms with Gasteiger partial charge in [0, 0.05) is 54.5 Å². The minimum Gasteiger partial charge on any atom is -0.356 e. The Balaban J connectivity index is 0.000000136. The molecule has 0 N–H and O–H groups in total. The van der Waals surface area contributed by atoms with E-state index in [-0.39, 0.29) is 11.9 Å². The van der Waals surface area contributed by atoms with Crippen molar-refractivity contribution in [1.29, 1.82) is 0 Å². The molecule has 3 aromatic heterocycles. The molecule has 2 unspecified atom stereocenters. The molecule has 4 aliphatic rings. The summed E-state index contributed by atoms with van der Waals surface area (Å²) in [6.07, 6.45) is 3.47. The van der Waals surface area contributed by atoms with E-state index in [4.69, 9.17) is 45.9 Å². The van der Waals surface area contributed by atoms with Gasteiger partial charge in [-0.3, -0.25) is 0 Å². The molecule has 35 heavy (non-hydrogen) atoms. The number of aromatic nitrogens is 4. The maximum atomic E-state index is 6.99. The van der Waals surface area contributed by atoms with Crippen molar-refractivity contribution in [2.45, 2.75) is 17.8 Å². The molecule has 8 nitrogen and oxygen atoms in total. The van der Waals surface area contributed by atoms with E-state index in [9.17, 15) is 0 Å². The number of fused-ring (bicyclic) bond motifs is 2. The van der Waals surface area contributed by atoms with E-state index in [1.165, 1.54) is 0 Å². The van der Waals surface area contributed by atoms with E-state index in [2.05, 4.69) is 34.8 Å². The SMILES string of the molecule is ClCc1nc(C2[C@H]3CN(c4cc(Cl)ccn4)C[C@@H]23)no1.[C-]#[N+]C1[C@H]2CN(c3cc(Cl)ccn3)C[C@@H]12. The van der Waals surface area contributed by atoms with Crippen LogP contribution < -0.4 is 9.80 Å². The van der Waals surface area contributed by atoms with Crippen LogP contribution in [0.2, 0.25) is 10.0 Å². The number of pyridine rings is 2. The summed E-state index contributed by atoms with van der Waals surface area (Å²) in [5, 5.41) is 5.46. The van der Waals surface area contributed by atoms with Crippen LogP contribution in [0.25, 0.3) is 4.85 Å². The minimum atomic E-state index is 0.271. The molecule has 0 aromatic carbocycles. The van der Waals surface area contributed by atoms with Crippen molar-refractivity contribution in [2.75, 3.05) is 36.0 Å². The second kappa shape index (κ2) is 9.12. The molecule has 0 amide bonds. The normalized spacial score (nSPS) is 29.7. The molecule has 2 aliphatic heterocycles. The molecule has 2 saturated heterocycles. The Morgan fingerprint density at radius 2 is 1.46 bits per heavy atom. The van der Waals surface area contributed by atoms with Gasteiger partial charge in [-0.1, -0.05) is 28.4 Å². The summed E-state index contributed by atoms with van der Waals surface area (Å²) in [7, 11) is 0. The molecule has 7 rings (SSSR count). The lowest BCUT2D eigenvalue weighted by atomic mass is 10.2. The van der Waals surface area contributed by atoms with Crippen molar-refractivity contribution in [3.8, 4) is 0 Å². The smallest absolute Gasteiger partial charge is 0.241 e. The predicted octanol–water partition coefficient (Wildman–Crippen LogP) is 4.80. The summed E-state index contributed by atoms with van der Waals surface area (Å²) in [6.45, 7) is 10.9. The lowest BCUT2D eigenvalue weighted by Crippen LogP contribution is -2.25. The average molecular weight is 531 g/mol. The molecule has 2 saturated carbocycles. The molecule has 11 heteroatoms. The number of halogens is 3. The number of rotatable bonds is 4. The standard InChI is InChI=1S/C13H12Cl2N4O.C11H10ClN3/c14-4-11-17-13(18-20-11)12-8-5-19(6-9(8)12)10-3-7(15)1-2-16-10;1-13-11-8-5-15(6-9(8)11)10-4-7(12)2-3-14-10/h1-3,8-9,12H,4-6H2;2-4,8-9,11H,5-6H2/t8-,9+,12?;8-,9+,11?. The third-order valence-corrected chi connectivity index (χ3v) is 8.15. The summed E-state index contributed by atoms with van der Waals surface area (Å²) in [5.41, 5.74) is 0. The topological polar surface area (TPSA) is 75.5 Å². The lowest BCUT2D eigenvalue weighted by molar-refractivity contribution is 0.383. The summed E-state index contributed by atoms with van der Waals surface area (Å²) in [6, 6.07) is 7.64. The lowest BCUT2D eigenvalue weighted by Gasteiger charge is -2.20. The van der Waals surface area contributed by atoms with Gasteiger partial charge in [-0.15, -0.1) is 11.6 Å². The number of anilines is 2. The average Bonchev–Trinajstić information content (AvgIpc) is 3.41. The first kappa shape index (κ1) is 22.8. The zero-order valence-corrected chi connectivity index (χ0v) is 20.9. The Bertz CT molecular complexity index is 1260. The molecule has 3 aromatic rings. The fourth-order valence-electron chi connectivity index (χ4n) is 5.56. The highest BCUT2D eigenvalue weighted by molar-refractivity contribution is 6.31. The van der Waals surface area contributed by atoms with Crippen LogP contribution in [0.3, 0.4) is 0 Å². The highest BCUT2D eigenvalue weighted by atomic mass is 35.5. The van der Waals surface area contributed by atoms with Crippen molar-refractivity contribution in [1.82, 2.24) is 20.1 Å². The van der Waals surface area contributed by atoms with Crippen molar-refractivity contribution in [3.05, 3.63) is 69.8 Å². The molecule has 4 fully saturated rings. The highest BCUT2D eigenvalue weighted by Crippen LogP contribution is 2.57. The first-order valence-electron chi connectivity index (χ1n) is 11.5. The van der Waals surface area contributed by atoms with Gasteiger partial charge in [-0.25, -0.2) is 16.5 Å². The van der Waals surface area contributed by atoms with E-state index < -0.39 is 0 Å². The van der Waals surface area contributed by atoms with Crippen LogP contribution in [0.1, 0.15) is 17.6 Å². The van der Waals surface area contributed by atoms with Crippen LogP contribution in [-0.4, -0.2) is 52.3 Å². The van der Waals surface area contributed by atoms with Gasteiger partial charge < -0.3 is 19.2 Å². The second-order valence-electron chi connectivity index (χ2n) is 9.46. The van der Waals surface area contributed by atoms with Crippen LogP contribution in [0, 0.1) is 30.2 Å². The number of piperidine rings is 2. The van der Waals surface area contributed by atoms with Crippen molar-refractivity contribution in [2.24, 2.45) is 23.7 Å². The molecule has 180 valence electrons. The molecule has 6 atom stereocenters. The first-order valence-corrected chi connectivity index (χ1v) is 12.8. The molecular weight excluding hydrogens is 509 g/mol. The van der Waals surface area contributed by atoms with Crippen LogP contribution in [0.15, 0.2) is 41.2 Å². The summed E-state index contributed by atoms with van der Waals surface area (Å²) >= 11 is 17.6. The fraction of sp³-hybridized carbons (Fsp3) is 0.458. The van der Waals surface area contributed by atoms with Gasteiger partial charge in [0.15, 0.2) is 5.82 Å². The molecule has 0 bridgehead atoms. The van der Waals surface area contributed by atoms with Crippen LogP contribution in [0.5, 0.6) is 0 Å². The van der Waals surface area contributed by atoms with Crippen LogP contribution >= 0.6 is 34.8 Å². The predicted molar refractivity (Wildman–Crippen MR) is 134 cm³/mol. The maximum absolute atomic E-state index is 6.99. The molecular formula is C24H22Cl3N7O. The Morgan fingerprint density at radius 1 is 0.914 bits per heavy atom. The largest absolute Gasteiger partial charge is 0.356 e. The molecule has 2 aliphatic carbocycles. The van der Waals surface area contributed by atoms with Gasteiger partial charge in [0.05, 0.1) is 11.8 Å². The van der Waals surface area contributed by atoms with E-state index in [1.807, 2.05) is 12.1 Å². The zero-order valence-electron chi connectivity index (χ0n) is 18.6. The summed E-state index contributed by atoms with van der Waals surface area (Å²) < 4.78 is 5.07. The Kier molecular flexibility index (Phi) is 5.95. The third-order valence-electron chi connectivity index (χ3n) is 7.45. The quantitative estimate of drug-likeness (QED) is 0.354. The fourth-order valence-corrected chi connectivity index (χ4v) is 5.98. The highest BCUT2D eigenvalue weighted by Gasteiger charge is 2.62. The van der Waals surface area contributed by atoms with Gasteiger partial charge in [-0.05, 0) is 36.1 Å². The van der Waals surface area contributed by atoms with Crippen LogP contribution in [-0.2, 0) is 5.88 Å². The van der Waals surface area contributed by atoms with Crippen molar-refractivity contribution >= 4 is 46.4 Å². The van der Waals surface area contributed by atoms with Crippen molar-refractivity contribution < 1.29 is 4.52 Å². The van der Waals surface area contributed by atoms with E-state index >= 15 is 0 Å². The molecule has 0 radical (unpaired) electrons. The van der Waals surface area contributed by atoms with Gasteiger partial charge in [0.2, 0.25) is 11.9 Å². The van der Waals surface area contributed by atoms with E-state index in [1.54, 1.807) is 24.5 Å². The van der Waals surface area contributed by atoms with Gasteiger partial charge in [-0.2, -0.15) is 4.98 Å². The number of alkyl halides is 1.